The molecule has 1 aromatic heterocycles. The van der Waals surface area contributed by atoms with Crippen LogP contribution in [0.1, 0.15) is 12.0 Å². The molecule has 0 spiro atoms. The lowest BCUT2D eigenvalue weighted by Gasteiger charge is -2.00. The van der Waals surface area contributed by atoms with E-state index >= 15 is 0 Å². The third-order valence-corrected chi connectivity index (χ3v) is 2.40. The predicted molar refractivity (Wildman–Crippen MR) is 59.9 cm³/mol. The van der Waals surface area contributed by atoms with Gasteiger partial charge in [-0.25, -0.2) is 0 Å². The molecule has 78 valence electrons. The smallest absolute Gasteiger partial charge is 0.195 e. The molecule has 3 heteroatoms. The fourth-order valence-electron chi connectivity index (χ4n) is 1.58. The Morgan fingerprint density at radius 1 is 1.27 bits per heavy atom. The second-order valence-corrected chi connectivity index (χ2v) is 3.48. The number of fused-ring (bicyclic) bond motifs is 1. The van der Waals surface area contributed by atoms with Crippen LogP contribution in [0.2, 0.25) is 0 Å². The Labute approximate surface area is 87.5 Å². The van der Waals surface area contributed by atoms with Crippen LogP contribution in [0.15, 0.2) is 39.7 Å². The highest BCUT2D eigenvalue weighted by molar-refractivity contribution is 5.76. The van der Waals surface area contributed by atoms with Gasteiger partial charge in [-0.2, -0.15) is 0 Å². The number of hydrogen-bond acceptors (Lipinski definition) is 3. The van der Waals surface area contributed by atoms with E-state index < -0.39 is 0 Å². The zero-order valence-electron chi connectivity index (χ0n) is 8.40. The van der Waals surface area contributed by atoms with Crippen LogP contribution in [0.5, 0.6) is 0 Å². The first-order valence-electron chi connectivity index (χ1n) is 5.02. The Kier molecular flexibility index (Phi) is 2.83. The molecule has 2 rings (SSSR count). The summed E-state index contributed by atoms with van der Waals surface area (Å²) in [4.78, 5) is 11.9. The fourth-order valence-corrected chi connectivity index (χ4v) is 1.58. The van der Waals surface area contributed by atoms with Crippen LogP contribution < -0.4 is 11.2 Å². The Morgan fingerprint density at radius 3 is 2.87 bits per heavy atom. The Bertz CT molecular complexity index is 516. The van der Waals surface area contributed by atoms with E-state index in [1.165, 1.54) is 0 Å². The van der Waals surface area contributed by atoms with Gasteiger partial charge in [0.15, 0.2) is 5.43 Å². The van der Waals surface area contributed by atoms with Crippen molar-refractivity contribution in [2.75, 3.05) is 6.54 Å². The van der Waals surface area contributed by atoms with Crippen LogP contribution in [0.25, 0.3) is 11.0 Å². The van der Waals surface area contributed by atoms with Gasteiger partial charge in [-0.1, -0.05) is 12.1 Å². The largest absolute Gasteiger partial charge is 0.464 e. The molecule has 2 N–H and O–H groups in total. The van der Waals surface area contributed by atoms with Crippen LogP contribution in [0, 0.1) is 0 Å². The summed E-state index contributed by atoms with van der Waals surface area (Å²) < 4.78 is 5.38. The first-order valence-corrected chi connectivity index (χ1v) is 5.02. The molecule has 0 aliphatic heterocycles. The first-order chi connectivity index (χ1) is 7.33. The number of rotatable bonds is 3. The maximum atomic E-state index is 11.9. The Hall–Kier alpha value is -1.61. The van der Waals surface area contributed by atoms with Gasteiger partial charge in [-0.05, 0) is 31.5 Å². The fraction of sp³-hybridized carbons (Fsp3) is 0.250. The molecule has 0 amide bonds. The maximum Gasteiger partial charge on any atom is 0.195 e. The topological polar surface area (TPSA) is 56.2 Å². The van der Waals surface area contributed by atoms with E-state index in [9.17, 15) is 4.79 Å². The molecule has 0 saturated carbocycles. The van der Waals surface area contributed by atoms with E-state index in [1.807, 2.05) is 12.1 Å². The molecule has 15 heavy (non-hydrogen) atoms. The van der Waals surface area contributed by atoms with Gasteiger partial charge in [0.25, 0.3) is 0 Å². The van der Waals surface area contributed by atoms with Gasteiger partial charge in [0.1, 0.15) is 5.58 Å². The number of benzene rings is 1. The van der Waals surface area contributed by atoms with Crippen LogP contribution in [-0.2, 0) is 6.42 Å². The van der Waals surface area contributed by atoms with Gasteiger partial charge < -0.3 is 10.2 Å². The SMILES string of the molecule is NCCCc1coc2ccccc2c1=O. The maximum absolute atomic E-state index is 11.9. The molecule has 1 heterocycles. The second-order valence-electron chi connectivity index (χ2n) is 3.48. The molecule has 0 aliphatic carbocycles. The lowest BCUT2D eigenvalue weighted by Crippen LogP contribution is -2.10. The molecule has 0 aliphatic rings. The Morgan fingerprint density at radius 2 is 2.07 bits per heavy atom. The van der Waals surface area contributed by atoms with Crippen molar-refractivity contribution in [1.82, 2.24) is 0 Å². The van der Waals surface area contributed by atoms with E-state index in [4.69, 9.17) is 10.2 Å². The van der Waals surface area contributed by atoms with Gasteiger partial charge in [0, 0.05) is 5.56 Å². The summed E-state index contributed by atoms with van der Waals surface area (Å²) in [5.41, 5.74) is 6.81. The molecule has 0 atom stereocenters. The summed E-state index contributed by atoms with van der Waals surface area (Å²) in [5, 5.41) is 0.645. The second kappa shape index (κ2) is 4.28. The van der Waals surface area contributed by atoms with Gasteiger partial charge >= 0.3 is 0 Å². The monoisotopic (exact) mass is 203 g/mol. The highest BCUT2D eigenvalue weighted by Crippen LogP contribution is 2.10. The van der Waals surface area contributed by atoms with Crippen molar-refractivity contribution in [3.63, 3.8) is 0 Å². The van der Waals surface area contributed by atoms with Crippen LogP contribution in [0.3, 0.4) is 0 Å². The molecular formula is C12H13NO2. The predicted octanol–water partition coefficient (Wildman–Crippen LogP) is 1.68. The molecular weight excluding hydrogens is 190 g/mol. The van der Waals surface area contributed by atoms with Crippen molar-refractivity contribution in [1.29, 1.82) is 0 Å². The molecule has 2 aromatic rings. The number of hydrogen-bond donors (Lipinski definition) is 1. The molecule has 3 nitrogen and oxygen atoms in total. The third-order valence-electron chi connectivity index (χ3n) is 2.40. The van der Waals surface area contributed by atoms with Gasteiger partial charge in [0.2, 0.25) is 0 Å². The van der Waals surface area contributed by atoms with Crippen LogP contribution in [0.4, 0.5) is 0 Å². The third kappa shape index (κ3) is 1.92. The summed E-state index contributed by atoms with van der Waals surface area (Å²) in [6, 6.07) is 7.27. The molecule has 0 unspecified atom stereocenters. The van der Waals surface area contributed by atoms with E-state index in [0.29, 0.717) is 29.5 Å². The number of nitrogens with two attached hydrogens (primary N) is 1. The molecule has 1 aromatic carbocycles. The summed E-state index contributed by atoms with van der Waals surface area (Å²) >= 11 is 0. The average Bonchev–Trinajstić information content (AvgIpc) is 2.29. The Balaban J connectivity index is 2.51. The zero-order chi connectivity index (χ0) is 10.7. The lowest BCUT2D eigenvalue weighted by atomic mass is 10.1. The highest BCUT2D eigenvalue weighted by atomic mass is 16.3. The van der Waals surface area contributed by atoms with Gasteiger partial charge in [-0.15, -0.1) is 0 Å². The average molecular weight is 203 g/mol. The first kappa shape index (κ1) is 9.93. The van der Waals surface area contributed by atoms with E-state index in [0.717, 1.165) is 6.42 Å². The van der Waals surface area contributed by atoms with Gasteiger partial charge in [-0.3, -0.25) is 4.79 Å². The van der Waals surface area contributed by atoms with Gasteiger partial charge in [0.05, 0.1) is 11.6 Å². The van der Waals surface area contributed by atoms with Crippen LogP contribution in [-0.4, -0.2) is 6.54 Å². The highest BCUT2D eigenvalue weighted by Gasteiger charge is 2.05. The summed E-state index contributed by atoms with van der Waals surface area (Å²) in [6.07, 6.45) is 3.03. The van der Waals surface area contributed by atoms with E-state index in [1.54, 1.807) is 18.4 Å². The molecule has 0 bridgehead atoms. The minimum Gasteiger partial charge on any atom is -0.464 e. The zero-order valence-corrected chi connectivity index (χ0v) is 8.40. The van der Waals surface area contributed by atoms with Crippen LogP contribution >= 0.6 is 0 Å². The summed E-state index contributed by atoms with van der Waals surface area (Å²) in [5.74, 6) is 0. The molecule has 0 fully saturated rings. The number of aryl methyl sites for hydroxylation is 1. The molecule has 0 radical (unpaired) electrons. The molecule has 0 saturated heterocycles. The van der Waals surface area contributed by atoms with Crippen molar-refractivity contribution in [3.05, 3.63) is 46.3 Å². The summed E-state index contributed by atoms with van der Waals surface area (Å²) in [7, 11) is 0. The van der Waals surface area contributed by atoms with Crippen molar-refractivity contribution in [2.24, 2.45) is 5.73 Å². The van der Waals surface area contributed by atoms with E-state index in [-0.39, 0.29) is 5.43 Å². The van der Waals surface area contributed by atoms with Crippen molar-refractivity contribution < 1.29 is 4.42 Å². The van der Waals surface area contributed by atoms with Crippen molar-refractivity contribution in [3.8, 4) is 0 Å². The lowest BCUT2D eigenvalue weighted by molar-refractivity contribution is 0.590. The van der Waals surface area contributed by atoms with Crippen molar-refractivity contribution >= 4 is 11.0 Å². The minimum absolute atomic E-state index is 0.0605. The quantitative estimate of drug-likeness (QED) is 0.825. The normalized spacial score (nSPS) is 10.7. The summed E-state index contributed by atoms with van der Waals surface area (Å²) in [6.45, 7) is 0.590. The number of para-hydroxylation sites is 1. The minimum atomic E-state index is 0.0605. The van der Waals surface area contributed by atoms with Crippen molar-refractivity contribution in [2.45, 2.75) is 12.8 Å². The standard InChI is InChI=1S/C12H13NO2/c13-7-3-4-9-8-15-11-6-2-1-5-10(11)12(9)14/h1-2,5-6,8H,3-4,7,13H2. The van der Waals surface area contributed by atoms with E-state index in [2.05, 4.69) is 0 Å².